The van der Waals surface area contributed by atoms with E-state index < -0.39 is 0 Å². The largest absolute Gasteiger partial charge is 0.390 e. The maximum absolute atomic E-state index is 9.33. The van der Waals surface area contributed by atoms with E-state index in [1.165, 1.54) is 0 Å². The Morgan fingerprint density at radius 3 is 3.10 bits per heavy atom. The van der Waals surface area contributed by atoms with Crippen LogP contribution in [-0.4, -0.2) is 23.9 Å². The Morgan fingerprint density at radius 2 is 2.50 bits per heavy atom. The number of aliphatic hydroxyl groups is 1. The van der Waals surface area contributed by atoms with Gasteiger partial charge in [-0.15, -0.1) is 6.58 Å². The molecule has 0 aromatic carbocycles. The Balaban J connectivity index is 2.32. The van der Waals surface area contributed by atoms with Crippen LogP contribution in [0.1, 0.15) is 19.3 Å². The number of hydrogen-bond donors (Lipinski definition) is 1. The molecular weight excluding hydrogens is 128 g/mol. The van der Waals surface area contributed by atoms with Gasteiger partial charge in [0.2, 0.25) is 0 Å². The summed E-state index contributed by atoms with van der Waals surface area (Å²) in [5.74, 6) is 0. The van der Waals surface area contributed by atoms with Crippen molar-refractivity contribution in [2.24, 2.45) is 0 Å². The van der Waals surface area contributed by atoms with Crippen LogP contribution in [0.4, 0.5) is 0 Å². The van der Waals surface area contributed by atoms with Crippen LogP contribution in [0.3, 0.4) is 0 Å². The summed E-state index contributed by atoms with van der Waals surface area (Å²) in [5.41, 5.74) is 0. The fourth-order valence-corrected chi connectivity index (χ4v) is 1.21. The zero-order valence-electron chi connectivity index (χ0n) is 6.12. The predicted molar refractivity (Wildman–Crippen MR) is 39.8 cm³/mol. The van der Waals surface area contributed by atoms with Crippen molar-refractivity contribution in [2.75, 3.05) is 6.61 Å². The Morgan fingerprint density at radius 1 is 1.70 bits per heavy atom. The molecule has 1 saturated heterocycles. The Labute approximate surface area is 61.5 Å². The van der Waals surface area contributed by atoms with Gasteiger partial charge < -0.3 is 9.84 Å². The highest BCUT2D eigenvalue weighted by Gasteiger charge is 2.21. The summed E-state index contributed by atoms with van der Waals surface area (Å²) in [7, 11) is 0. The highest BCUT2D eigenvalue weighted by Crippen LogP contribution is 2.16. The minimum absolute atomic E-state index is 0.00579. The molecule has 0 aromatic rings. The molecule has 1 unspecified atom stereocenters. The molecule has 1 heterocycles. The molecule has 2 heteroatoms. The van der Waals surface area contributed by atoms with Crippen LogP contribution in [0.25, 0.3) is 0 Å². The lowest BCUT2D eigenvalue weighted by Crippen LogP contribution is -2.33. The van der Waals surface area contributed by atoms with Gasteiger partial charge in [0.15, 0.2) is 0 Å². The summed E-state index contributed by atoms with van der Waals surface area (Å²) < 4.78 is 5.31. The quantitative estimate of drug-likeness (QED) is 0.585. The fourth-order valence-electron chi connectivity index (χ4n) is 1.21. The van der Waals surface area contributed by atoms with Crippen molar-refractivity contribution in [1.82, 2.24) is 0 Å². The van der Waals surface area contributed by atoms with E-state index in [2.05, 4.69) is 6.58 Å². The van der Waals surface area contributed by atoms with E-state index in [9.17, 15) is 5.11 Å². The van der Waals surface area contributed by atoms with Gasteiger partial charge in [0.1, 0.15) is 0 Å². The average molecular weight is 142 g/mol. The van der Waals surface area contributed by atoms with E-state index in [4.69, 9.17) is 4.74 Å². The Bertz CT molecular complexity index is 112. The highest BCUT2D eigenvalue weighted by atomic mass is 16.5. The molecule has 1 aliphatic heterocycles. The molecule has 0 radical (unpaired) electrons. The molecule has 1 rings (SSSR count). The van der Waals surface area contributed by atoms with Crippen LogP contribution in [-0.2, 0) is 4.74 Å². The standard InChI is InChI=1S/C8H14O2/c1-2-4-8-7(9)5-3-6-10-8/h2,7-9H,1,3-6H2/t7-,8?/m0/s1. The van der Waals surface area contributed by atoms with Crippen molar-refractivity contribution >= 4 is 0 Å². The summed E-state index contributed by atoms with van der Waals surface area (Å²) in [4.78, 5) is 0. The second kappa shape index (κ2) is 3.74. The zero-order valence-corrected chi connectivity index (χ0v) is 6.12. The van der Waals surface area contributed by atoms with Gasteiger partial charge in [-0.1, -0.05) is 6.08 Å². The summed E-state index contributed by atoms with van der Waals surface area (Å²) >= 11 is 0. The van der Waals surface area contributed by atoms with E-state index in [1.54, 1.807) is 6.08 Å². The maximum Gasteiger partial charge on any atom is 0.0868 e. The van der Waals surface area contributed by atoms with Crippen LogP contribution >= 0.6 is 0 Å². The first-order valence-corrected chi connectivity index (χ1v) is 3.75. The van der Waals surface area contributed by atoms with Gasteiger partial charge in [0, 0.05) is 6.61 Å². The first-order chi connectivity index (χ1) is 4.84. The van der Waals surface area contributed by atoms with E-state index in [-0.39, 0.29) is 12.2 Å². The predicted octanol–water partition coefficient (Wildman–Crippen LogP) is 1.10. The summed E-state index contributed by atoms with van der Waals surface area (Å²) in [6.45, 7) is 4.39. The monoisotopic (exact) mass is 142 g/mol. The van der Waals surface area contributed by atoms with Crippen molar-refractivity contribution in [2.45, 2.75) is 31.5 Å². The molecule has 1 N–H and O–H groups in total. The van der Waals surface area contributed by atoms with Crippen LogP contribution < -0.4 is 0 Å². The van der Waals surface area contributed by atoms with Crippen LogP contribution in [0.5, 0.6) is 0 Å². The van der Waals surface area contributed by atoms with E-state index in [1.807, 2.05) is 0 Å². The summed E-state index contributed by atoms with van der Waals surface area (Å²) in [5, 5.41) is 9.33. The van der Waals surface area contributed by atoms with Gasteiger partial charge >= 0.3 is 0 Å². The highest BCUT2D eigenvalue weighted by molar-refractivity contribution is 4.80. The van der Waals surface area contributed by atoms with E-state index in [0.29, 0.717) is 0 Å². The molecule has 0 saturated carbocycles. The normalized spacial score (nSPS) is 33.7. The molecule has 0 spiro atoms. The third kappa shape index (κ3) is 1.82. The molecule has 1 fully saturated rings. The smallest absolute Gasteiger partial charge is 0.0868 e. The fraction of sp³-hybridized carbons (Fsp3) is 0.750. The van der Waals surface area contributed by atoms with Crippen LogP contribution in [0.2, 0.25) is 0 Å². The minimum atomic E-state index is -0.272. The van der Waals surface area contributed by atoms with Crippen molar-refractivity contribution in [3.05, 3.63) is 12.7 Å². The van der Waals surface area contributed by atoms with Crippen LogP contribution in [0, 0.1) is 0 Å². The molecule has 58 valence electrons. The molecule has 0 amide bonds. The maximum atomic E-state index is 9.33. The van der Waals surface area contributed by atoms with Crippen molar-refractivity contribution in [3.8, 4) is 0 Å². The van der Waals surface area contributed by atoms with Crippen molar-refractivity contribution < 1.29 is 9.84 Å². The van der Waals surface area contributed by atoms with Gasteiger partial charge in [-0.3, -0.25) is 0 Å². The number of hydrogen-bond acceptors (Lipinski definition) is 2. The molecule has 1 aliphatic rings. The minimum Gasteiger partial charge on any atom is -0.390 e. The molecule has 2 atom stereocenters. The lowest BCUT2D eigenvalue weighted by Gasteiger charge is -2.26. The second-order valence-corrected chi connectivity index (χ2v) is 2.64. The van der Waals surface area contributed by atoms with Gasteiger partial charge in [0.05, 0.1) is 12.2 Å². The third-order valence-electron chi connectivity index (χ3n) is 1.80. The average Bonchev–Trinajstić information content (AvgIpc) is 1.94. The Hall–Kier alpha value is -0.340. The topological polar surface area (TPSA) is 29.5 Å². The van der Waals surface area contributed by atoms with E-state index >= 15 is 0 Å². The summed E-state index contributed by atoms with van der Waals surface area (Å²) in [6.07, 6.45) is 4.14. The Kier molecular flexibility index (Phi) is 2.90. The number of ether oxygens (including phenoxy) is 1. The van der Waals surface area contributed by atoms with Gasteiger partial charge in [-0.2, -0.15) is 0 Å². The molecule has 10 heavy (non-hydrogen) atoms. The van der Waals surface area contributed by atoms with Gasteiger partial charge in [0.25, 0.3) is 0 Å². The van der Waals surface area contributed by atoms with Crippen LogP contribution in [0.15, 0.2) is 12.7 Å². The SMILES string of the molecule is C=CCC1OCCC[C@@H]1O. The van der Waals surface area contributed by atoms with Crippen molar-refractivity contribution in [1.29, 1.82) is 0 Å². The second-order valence-electron chi connectivity index (χ2n) is 2.64. The summed E-state index contributed by atoms with van der Waals surface area (Å²) in [6, 6.07) is 0. The van der Waals surface area contributed by atoms with E-state index in [0.717, 1.165) is 25.9 Å². The van der Waals surface area contributed by atoms with Gasteiger partial charge in [-0.25, -0.2) is 0 Å². The zero-order chi connectivity index (χ0) is 7.40. The molecule has 0 aromatic heterocycles. The molecule has 2 nitrogen and oxygen atoms in total. The molecule has 0 bridgehead atoms. The third-order valence-corrected chi connectivity index (χ3v) is 1.80. The van der Waals surface area contributed by atoms with Gasteiger partial charge in [-0.05, 0) is 19.3 Å². The number of aliphatic hydroxyl groups excluding tert-OH is 1. The first-order valence-electron chi connectivity index (χ1n) is 3.75. The van der Waals surface area contributed by atoms with Crippen molar-refractivity contribution in [3.63, 3.8) is 0 Å². The lowest BCUT2D eigenvalue weighted by atomic mass is 10.0. The first kappa shape index (κ1) is 7.76. The molecular formula is C8H14O2. The number of rotatable bonds is 2. The lowest BCUT2D eigenvalue weighted by molar-refractivity contribution is -0.0713. The molecule has 0 aliphatic carbocycles.